The van der Waals surface area contributed by atoms with Crippen molar-refractivity contribution < 1.29 is 4.42 Å². The fourth-order valence-corrected chi connectivity index (χ4v) is 4.43. The van der Waals surface area contributed by atoms with Crippen LogP contribution in [0.25, 0.3) is 11.0 Å². The largest absolute Gasteiger partial charge is 0.459 e. The minimum Gasteiger partial charge on any atom is -0.459 e. The van der Waals surface area contributed by atoms with Crippen molar-refractivity contribution in [1.29, 1.82) is 0 Å². The molecule has 3 rings (SSSR count). The first-order valence-electron chi connectivity index (χ1n) is 7.38. The molecule has 0 amide bonds. The van der Waals surface area contributed by atoms with Gasteiger partial charge in [0.25, 0.3) is 0 Å². The Bertz CT molecular complexity index is 556. The summed E-state index contributed by atoms with van der Waals surface area (Å²) < 4.78 is 5.97. The van der Waals surface area contributed by atoms with Crippen LogP contribution in [0.2, 0.25) is 0 Å². The van der Waals surface area contributed by atoms with Crippen LogP contribution < -0.4 is 5.32 Å². The Hall–Kier alpha value is -0.930. The van der Waals surface area contributed by atoms with Crippen LogP contribution in [0.1, 0.15) is 39.0 Å². The molecule has 3 heteroatoms. The van der Waals surface area contributed by atoms with Crippen LogP contribution in [0.15, 0.2) is 34.7 Å². The van der Waals surface area contributed by atoms with Crippen molar-refractivity contribution in [3.05, 3.63) is 36.1 Å². The summed E-state index contributed by atoms with van der Waals surface area (Å²) in [6.45, 7) is 6.94. The summed E-state index contributed by atoms with van der Waals surface area (Å²) in [6.07, 6.45) is 1.28. The maximum atomic E-state index is 5.97. The highest BCUT2D eigenvalue weighted by molar-refractivity contribution is 7.99. The lowest BCUT2D eigenvalue weighted by Crippen LogP contribution is -2.47. The Labute approximate surface area is 125 Å². The molecule has 1 aromatic carbocycles. The summed E-state index contributed by atoms with van der Waals surface area (Å²) in [4.78, 5) is 0. The normalized spacial score (nSPS) is 23.9. The molecule has 0 bridgehead atoms. The predicted octanol–water partition coefficient (Wildman–Crippen LogP) is 4.62. The van der Waals surface area contributed by atoms with Crippen molar-refractivity contribution in [3.63, 3.8) is 0 Å². The van der Waals surface area contributed by atoms with Crippen LogP contribution in [0.3, 0.4) is 0 Å². The zero-order valence-corrected chi connectivity index (χ0v) is 13.3. The number of benzene rings is 1. The fraction of sp³-hybridized carbons (Fsp3) is 0.529. The van der Waals surface area contributed by atoms with E-state index in [1.807, 2.05) is 12.1 Å². The summed E-state index contributed by atoms with van der Waals surface area (Å²) in [5.41, 5.74) is 1.35. The second-order valence-electron chi connectivity index (χ2n) is 6.44. The summed E-state index contributed by atoms with van der Waals surface area (Å²) >= 11 is 2.05. The van der Waals surface area contributed by atoms with E-state index in [2.05, 4.69) is 56.0 Å². The number of fused-ring (bicyclic) bond motifs is 1. The molecule has 2 nitrogen and oxygen atoms in total. The van der Waals surface area contributed by atoms with Crippen LogP contribution in [0.4, 0.5) is 0 Å². The van der Waals surface area contributed by atoms with Crippen LogP contribution in [0, 0.1) is 5.41 Å². The molecular weight excluding hydrogens is 266 g/mol. The van der Waals surface area contributed by atoms with Crippen LogP contribution >= 0.6 is 11.8 Å². The lowest BCUT2D eigenvalue weighted by molar-refractivity contribution is 0.225. The SMILES string of the molecule is CC(NC1CSCCC1(C)C)c1cc2ccccc2o1. The number of hydrogen-bond donors (Lipinski definition) is 1. The molecule has 2 atom stereocenters. The maximum absolute atomic E-state index is 5.97. The third-order valence-corrected chi connectivity index (χ3v) is 5.50. The van der Waals surface area contributed by atoms with E-state index >= 15 is 0 Å². The van der Waals surface area contributed by atoms with E-state index in [0.29, 0.717) is 11.5 Å². The Kier molecular flexibility index (Phi) is 3.83. The average molecular weight is 289 g/mol. The van der Waals surface area contributed by atoms with E-state index < -0.39 is 0 Å². The van der Waals surface area contributed by atoms with E-state index in [1.165, 1.54) is 23.3 Å². The monoisotopic (exact) mass is 289 g/mol. The van der Waals surface area contributed by atoms with Gasteiger partial charge in [0.1, 0.15) is 11.3 Å². The van der Waals surface area contributed by atoms with Crippen molar-refractivity contribution in [2.75, 3.05) is 11.5 Å². The Morgan fingerprint density at radius 2 is 2.15 bits per heavy atom. The van der Waals surface area contributed by atoms with Gasteiger partial charge in [-0.2, -0.15) is 11.8 Å². The highest BCUT2D eigenvalue weighted by atomic mass is 32.2. The standard InChI is InChI=1S/C17H23NOS/c1-12(18-16-11-20-9-8-17(16,2)3)15-10-13-6-4-5-7-14(13)19-15/h4-7,10,12,16,18H,8-9,11H2,1-3H3. The molecule has 0 radical (unpaired) electrons. The molecule has 1 fully saturated rings. The van der Waals surface area contributed by atoms with E-state index in [1.54, 1.807) is 0 Å². The summed E-state index contributed by atoms with van der Waals surface area (Å²) in [5, 5.41) is 4.96. The highest BCUT2D eigenvalue weighted by Gasteiger charge is 2.33. The van der Waals surface area contributed by atoms with E-state index in [4.69, 9.17) is 4.42 Å². The van der Waals surface area contributed by atoms with Crippen LogP contribution in [0.5, 0.6) is 0 Å². The zero-order valence-electron chi connectivity index (χ0n) is 12.5. The second-order valence-corrected chi connectivity index (χ2v) is 7.59. The maximum Gasteiger partial charge on any atom is 0.134 e. The van der Waals surface area contributed by atoms with Crippen molar-refractivity contribution in [2.45, 2.75) is 39.3 Å². The molecule has 0 spiro atoms. The molecule has 0 aliphatic carbocycles. The quantitative estimate of drug-likeness (QED) is 0.893. The van der Waals surface area contributed by atoms with Crippen molar-refractivity contribution in [3.8, 4) is 0 Å². The van der Waals surface area contributed by atoms with Gasteiger partial charge in [-0.15, -0.1) is 0 Å². The number of para-hydroxylation sites is 1. The van der Waals surface area contributed by atoms with E-state index in [-0.39, 0.29) is 6.04 Å². The molecule has 1 saturated heterocycles. The van der Waals surface area contributed by atoms with E-state index in [9.17, 15) is 0 Å². The number of hydrogen-bond acceptors (Lipinski definition) is 3. The van der Waals surface area contributed by atoms with Gasteiger partial charge >= 0.3 is 0 Å². The van der Waals surface area contributed by atoms with Gasteiger partial charge in [-0.25, -0.2) is 0 Å². The number of rotatable bonds is 3. The van der Waals surface area contributed by atoms with E-state index in [0.717, 1.165) is 11.3 Å². The summed E-state index contributed by atoms with van der Waals surface area (Å²) in [5.74, 6) is 3.51. The smallest absolute Gasteiger partial charge is 0.134 e. The molecule has 2 heterocycles. The number of nitrogens with one attached hydrogen (secondary N) is 1. The summed E-state index contributed by atoms with van der Waals surface area (Å²) in [6, 6.07) is 11.2. The Balaban J connectivity index is 1.76. The summed E-state index contributed by atoms with van der Waals surface area (Å²) in [7, 11) is 0. The Morgan fingerprint density at radius 3 is 2.90 bits per heavy atom. The molecule has 1 aromatic heterocycles. The average Bonchev–Trinajstić information content (AvgIpc) is 2.85. The van der Waals surface area contributed by atoms with Gasteiger partial charge in [0, 0.05) is 17.2 Å². The first-order chi connectivity index (χ1) is 9.56. The first-order valence-corrected chi connectivity index (χ1v) is 8.54. The van der Waals surface area contributed by atoms with Gasteiger partial charge in [-0.3, -0.25) is 0 Å². The van der Waals surface area contributed by atoms with Crippen LogP contribution in [-0.4, -0.2) is 17.5 Å². The predicted molar refractivity (Wildman–Crippen MR) is 87.3 cm³/mol. The van der Waals surface area contributed by atoms with Gasteiger partial charge in [0.15, 0.2) is 0 Å². The second kappa shape index (κ2) is 5.45. The molecule has 108 valence electrons. The third kappa shape index (κ3) is 2.75. The zero-order chi connectivity index (χ0) is 14.2. The van der Waals surface area contributed by atoms with Gasteiger partial charge in [-0.1, -0.05) is 32.0 Å². The molecule has 1 aliphatic heterocycles. The molecule has 0 saturated carbocycles. The fourth-order valence-electron chi connectivity index (χ4n) is 2.81. The van der Waals surface area contributed by atoms with Crippen molar-refractivity contribution >= 4 is 22.7 Å². The minimum atomic E-state index is 0.255. The number of thioether (sulfide) groups is 1. The lowest BCUT2D eigenvalue weighted by Gasteiger charge is -2.40. The van der Waals surface area contributed by atoms with Crippen molar-refractivity contribution in [2.24, 2.45) is 5.41 Å². The topological polar surface area (TPSA) is 25.2 Å². The lowest BCUT2D eigenvalue weighted by atomic mass is 9.82. The van der Waals surface area contributed by atoms with Crippen LogP contribution in [-0.2, 0) is 0 Å². The Morgan fingerprint density at radius 1 is 1.35 bits per heavy atom. The van der Waals surface area contributed by atoms with Gasteiger partial charge in [0.05, 0.1) is 6.04 Å². The third-order valence-electron chi connectivity index (χ3n) is 4.44. The van der Waals surface area contributed by atoms with Crippen molar-refractivity contribution in [1.82, 2.24) is 5.32 Å². The highest BCUT2D eigenvalue weighted by Crippen LogP contribution is 2.35. The molecule has 1 N–H and O–H groups in total. The minimum absolute atomic E-state index is 0.255. The molecule has 2 aromatic rings. The van der Waals surface area contributed by atoms with Gasteiger partial charge in [-0.05, 0) is 36.6 Å². The molecule has 20 heavy (non-hydrogen) atoms. The molecular formula is C17H23NOS. The first kappa shape index (κ1) is 14.0. The van der Waals surface area contributed by atoms with Gasteiger partial charge in [0.2, 0.25) is 0 Å². The number of furan rings is 1. The molecule has 2 unspecified atom stereocenters. The molecule has 1 aliphatic rings. The van der Waals surface area contributed by atoms with Gasteiger partial charge < -0.3 is 9.73 Å².